The van der Waals surface area contributed by atoms with Gasteiger partial charge in [-0.25, -0.2) is 0 Å². The normalized spacial score (nSPS) is 10.8. The average Bonchev–Trinajstić information content (AvgIpc) is 1.61. The van der Waals surface area contributed by atoms with Crippen LogP contribution in [-0.2, 0) is 0 Å². The molecule has 10 heavy (non-hydrogen) atoms. The Morgan fingerprint density at radius 3 is 1.20 bits per heavy atom. The molecule has 0 fully saturated rings. The fourth-order valence-corrected chi connectivity index (χ4v) is 0. The van der Waals surface area contributed by atoms with E-state index in [2.05, 4.69) is 14.9 Å². The average molecular weight is 387 g/mol. The number of hydrogen-bond acceptors (Lipinski definition) is 0. The second-order valence-electron chi connectivity index (χ2n) is 1.40. The van der Waals surface area contributed by atoms with Gasteiger partial charge in [0, 0.05) is 0 Å². The van der Waals surface area contributed by atoms with Gasteiger partial charge < -0.3 is 17.3 Å². The van der Waals surface area contributed by atoms with E-state index in [0.29, 0.717) is 17.1 Å². The van der Waals surface area contributed by atoms with Crippen LogP contribution in [0.15, 0.2) is 0 Å². The van der Waals surface area contributed by atoms with Crippen molar-refractivity contribution in [3.05, 3.63) is 0 Å². The quantitative estimate of drug-likeness (QED) is 0.479. The van der Waals surface area contributed by atoms with Crippen molar-refractivity contribution < 1.29 is 17.3 Å². The minimum atomic E-state index is -6.00. The summed E-state index contributed by atoms with van der Waals surface area (Å²) in [4.78, 5) is 7.30. The summed E-state index contributed by atoms with van der Waals surface area (Å²) >= 11 is 0.329. The standard InChI is InChI=1S/C3H9Te2.BF4/c1-4-5(2)3;2-1(3,4)5/h1-3H3;/q+1;-1. The molecule has 0 atom stereocenters. The first-order chi connectivity index (χ1) is 4.27. The van der Waals surface area contributed by atoms with Gasteiger partial charge in [0.05, 0.1) is 0 Å². The molecule has 7 heteroatoms. The molecule has 0 aliphatic rings. The molecule has 0 nitrogen and oxygen atoms in total. The van der Waals surface area contributed by atoms with Gasteiger partial charge in [0.1, 0.15) is 0 Å². The molecule has 0 amide bonds. The zero-order chi connectivity index (χ0) is 8.78. The van der Waals surface area contributed by atoms with Gasteiger partial charge in [-0.2, -0.15) is 0 Å². The van der Waals surface area contributed by atoms with Crippen LogP contribution in [0.25, 0.3) is 0 Å². The maximum Gasteiger partial charge on any atom is 0.673 e. The maximum absolute atomic E-state index is 9.75. The smallest absolute Gasteiger partial charge is 0.418 e. The van der Waals surface area contributed by atoms with Crippen molar-refractivity contribution in [3.8, 4) is 0 Å². The third kappa shape index (κ3) is 57.9. The van der Waals surface area contributed by atoms with Crippen molar-refractivity contribution in [1.29, 1.82) is 0 Å². The Balaban J connectivity index is 0. The van der Waals surface area contributed by atoms with E-state index in [-0.39, 0.29) is 15.7 Å². The van der Waals surface area contributed by atoms with Crippen LogP contribution in [0.3, 0.4) is 0 Å². The summed E-state index contributed by atoms with van der Waals surface area (Å²) < 4.78 is 39.0. The zero-order valence-electron chi connectivity index (χ0n) is 5.91. The van der Waals surface area contributed by atoms with E-state index in [1.54, 1.807) is 0 Å². The van der Waals surface area contributed by atoms with Crippen molar-refractivity contribution in [2.75, 3.05) is 0 Å². The third-order valence-corrected chi connectivity index (χ3v) is 15.0. The Bertz CT molecular complexity index is 67.4. The summed E-state index contributed by atoms with van der Waals surface area (Å²) in [7, 11) is -6.00. The molecular weight excluding hydrogens is 378 g/mol. The molecule has 0 heterocycles. The molecule has 0 rings (SSSR count). The summed E-state index contributed by atoms with van der Waals surface area (Å²) in [6, 6.07) is 0. The maximum atomic E-state index is 9.75. The van der Waals surface area contributed by atoms with Crippen LogP contribution in [0.5, 0.6) is 0 Å². The van der Waals surface area contributed by atoms with Crippen LogP contribution in [-0.4, -0.2) is 40.0 Å². The molecule has 0 aromatic carbocycles. The number of hydrogen-bond donors (Lipinski definition) is 0. The van der Waals surface area contributed by atoms with Crippen LogP contribution in [0, 0.1) is 0 Å². The van der Waals surface area contributed by atoms with Gasteiger partial charge in [0.2, 0.25) is 0 Å². The molecule has 0 saturated carbocycles. The van der Waals surface area contributed by atoms with Gasteiger partial charge in [0.15, 0.2) is 0 Å². The first kappa shape index (κ1) is 13.9. The molecule has 0 radical (unpaired) electrons. The van der Waals surface area contributed by atoms with Gasteiger partial charge in [0.25, 0.3) is 0 Å². The SMILES string of the molecule is C[Te][Te+](C)C.F[B-](F)(F)F. The summed E-state index contributed by atoms with van der Waals surface area (Å²) in [6.45, 7) is 0. The Morgan fingerprint density at radius 1 is 1.10 bits per heavy atom. The molecule has 0 saturated heterocycles. The molecule has 0 spiro atoms. The summed E-state index contributed by atoms with van der Waals surface area (Å²) in [5.74, 6) is 0. The third-order valence-electron chi connectivity index (χ3n) is 0.333. The van der Waals surface area contributed by atoms with E-state index in [1.165, 1.54) is 0 Å². The van der Waals surface area contributed by atoms with Crippen LogP contribution in [0.2, 0.25) is 14.9 Å². The summed E-state index contributed by atoms with van der Waals surface area (Å²) in [5.41, 5.74) is 0. The van der Waals surface area contributed by atoms with E-state index >= 15 is 0 Å². The van der Waals surface area contributed by atoms with Crippen molar-refractivity contribution in [1.82, 2.24) is 0 Å². The van der Waals surface area contributed by atoms with E-state index < -0.39 is 7.25 Å². The van der Waals surface area contributed by atoms with E-state index in [1.807, 2.05) is 0 Å². The predicted molar refractivity (Wildman–Crippen MR) is 39.3 cm³/mol. The monoisotopic (exact) mass is 392 g/mol. The molecule has 0 aromatic heterocycles. The Kier molecular flexibility index (Phi) is 9.80. The first-order valence-electron chi connectivity index (χ1n) is 2.26. The molecule has 0 unspecified atom stereocenters. The van der Waals surface area contributed by atoms with Crippen LogP contribution in [0.1, 0.15) is 0 Å². The predicted octanol–water partition coefficient (Wildman–Crippen LogP) is 2.29. The molecular formula is C3H9BF4Te2. The van der Waals surface area contributed by atoms with Crippen LogP contribution in [0.4, 0.5) is 17.3 Å². The summed E-state index contributed by atoms with van der Waals surface area (Å²) in [6.07, 6.45) is 0. The van der Waals surface area contributed by atoms with Crippen molar-refractivity contribution in [2.45, 2.75) is 14.9 Å². The molecule has 0 aliphatic heterocycles. The largest absolute Gasteiger partial charge is 0.673 e. The molecule has 0 bridgehead atoms. The van der Waals surface area contributed by atoms with Crippen molar-refractivity contribution in [2.24, 2.45) is 0 Å². The fraction of sp³-hybridized carbons (Fsp3) is 1.00. The minimum absolute atomic E-state index is 0.251. The Labute approximate surface area is 71.7 Å². The van der Waals surface area contributed by atoms with Gasteiger partial charge in [-0.3, -0.25) is 0 Å². The Morgan fingerprint density at radius 2 is 1.20 bits per heavy atom. The summed E-state index contributed by atoms with van der Waals surface area (Å²) in [5, 5.41) is 0. The first-order valence-corrected chi connectivity index (χ1v) is 16.6. The van der Waals surface area contributed by atoms with Crippen LogP contribution >= 0.6 is 0 Å². The van der Waals surface area contributed by atoms with E-state index in [4.69, 9.17) is 0 Å². The molecule has 0 aliphatic carbocycles. The zero-order valence-corrected chi connectivity index (χ0v) is 10.6. The topological polar surface area (TPSA) is 0 Å². The van der Waals surface area contributed by atoms with E-state index in [9.17, 15) is 17.3 Å². The second kappa shape index (κ2) is 7.04. The minimum Gasteiger partial charge on any atom is -0.418 e. The van der Waals surface area contributed by atoms with Gasteiger partial charge in [-0.05, 0) is 0 Å². The Hall–Kier alpha value is 1.36. The molecule has 0 aromatic rings. The van der Waals surface area contributed by atoms with Crippen molar-refractivity contribution >= 4 is 40.0 Å². The molecule has 0 N–H and O–H groups in total. The number of rotatable bonds is 1. The van der Waals surface area contributed by atoms with Crippen LogP contribution < -0.4 is 0 Å². The molecule has 64 valence electrons. The van der Waals surface area contributed by atoms with Gasteiger partial charge in [-0.1, -0.05) is 0 Å². The number of halogens is 4. The van der Waals surface area contributed by atoms with Gasteiger partial charge in [-0.15, -0.1) is 0 Å². The van der Waals surface area contributed by atoms with Gasteiger partial charge >= 0.3 is 54.9 Å². The second-order valence-corrected chi connectivity index (χ2v) is 25.7. The van der Waals surface area contributed by atoms with Crippen molar-refractivity contribution in [3.63, 3.8) is 0 Å². The fourth-order valence-electron chi connectivity index (χ4n) is 0. The van der Waals surface area contributed by atoms with E-state index in [0.717, 1.165) is 0 Å².